The van der Waals surface area contributed by atoms with Crippen molar-refractivity contribution in [3.05, 3.63) is 59.5 Å². The van der Waals surface area contributed by atoms with Crippen molar-refractivity contribution in [2.24, 2.45) is 0 Å². The zero-order chi connectivity index (χ0) is 28.9. The van der Waals surface area contributed by atoms with E-state index in [9.17, 15) is 5.11 Å². The van der Waals surface area contributed by atoms with Gasteiger partial charge in [-0.3, -0.25) is 9.80 Å². The lowest BCUT2D eigenvalue weighted by Crippen LogP contribution is -2.64. The van der Waals surface area contributed by atoms with Gasteiger partial charge in [-0.15, -0.1) is 10.2 Å². The number of aromatic amines is 1. The van der Waals surface area contributed by atoms with Crippen molar-refractivity contribution in [2.45, 2.75) is 63.1 Å². The second-order valence-electron chi connectivity index (χ2n) is 12.9. The van der Waals surface area contributed by atoms with Crippen LogP contribution < -0.4 is 10.2 Å². The van der Waals surface area contributed by atoms with Crippen LogP contribution in [0.1, 0.15) is 61.4 Å². The first-order valence-electron chi connectivity index (χ1n) is 16.1. The van der Waals surface area contributed by atoms with Gasteiger partial charge in [-0.25, -0.2) is 9.97 Å². The number of likely N-dealkylation sites (tertiary alicyclic amines) is 2. The largest absolute Gasteiger partial charge is 0.507 e. The molecule has 1 aromatic carbocycles. The molecule has 0 unspecified atom stereocenters. The second-order valence-corrected chi connectivity index (χ2v) is 12.9. The number of fused-ring (bicyclic) bond motifs is 3. The van der Waals surface area contributed by atoms with E-state index in [2.05, 4.69) is 54.5 Å². The van der Waals surface area contributed by atoms with Crippen molar-refractivity contribution in [3.63, 3.8) is 0 Å². The minimum Gasteiger partial charge on any atom is -0.507 e. The molecule has 0 saturated carbocycles. The molecule has 0 spiro atoms. The third-order valence-electron chi connectivity index (χ3n) is 10.5. The van der Waals surface area contributed by atoms with Gasteiger partial charge in [0.05, 0.1) is 11.7 Å². The van der Waals surface area contributed by atoms with Crippen LogP contribution in [0.2, 0.25) is 0 Å². The molecule has 3 fully saturated rings. The van der Waals surface area contributed by atoms with E-state index >= 15 is 0 Å². The zero-order valence-corrected chi connectivity index (χ0v) is 24.9. The van der Waals surface area contributed by atoms with Crippen LogP contribution in [0.4, 0.5) is 5.95 Å². The number of piperidine rings is 2. The monoisotopic (exact) mass is 579 g/mol. The number of nitrogens with one attached hydrogen (secondary N) is 2. The van der Waals surface area contributed by atoms with Crippen LogP contribution in [-0.2, 0) is 6.42 Å². The Morgan fingerprint density at radius 2 is 1.65 bits per heavy atom. The van der Waals surface area contributed by atoms with Crippen LogP contribution in [0.25, 0.3) is 22.3 Å². The van der Waals surface area contributed by atoms with E-state index in [1.54, 1.807) is 6.07 Å². The molecular formula is C33H41N9O. The Bertz CT molecular complexity index is 1580. The molecule has 4 aliphatic rings. The summed E-state index contributed by atoms with van der Waals surface area (Å²) in [6.07, 6.45) is 9.99. The minimum atomic E-state index is 0.0833. The Morgan fingerprint density at radius 3 is 2.42 bits per heavy atom. The minimum absolute atomic E-state index is 0.0833. The van der Waals surface area contributed by atoms with Gasteiger partial charge in [-0.1, -0.05) is 12.1 Å². The molecule has 10 nitrogen and oxygen atoms in total. The van der Waals surface area contributed by atoms with Crippen molar-refractivity contribution in [3.8, 4) is 17.0 Å². The lowest BCUT2D eigenvalue weighted by Gasteiger charge is -2.51. The number of hydrogen-bond donors (Lipinski definition) is 3. The predicted octanol–water partition coefficient (Wildman–Crippen LogP) is 3.86. The lowest BCUT2D eigenvalue weighted by molar-refractivity contribution is -0.0130. The van der Waals surface area contributed by atoms with Crippen LogP contribution in [0.5, 0.6) is 5.75 Å². The zero-order valence-electron chi connectivity index (χ0n) is 24.9. The molecule has 10 heteroatoms. The highest BCUT2D eigenvalue weighted by Gasteiger charge is 2.38. The van der Waals surface area contributed by atoms with E-state index in [0.717, 1.165) is 42.0 Å². The van der Waals surface area contributed by atoms with Crippen molar-refractivity contribution in [1.82, 2.24) is 40.3 Å². The van der Waals surface area contributed by atoms with E-state index < -0.39 is 0 Å². The first-order valence-corrected chi connectivity index (χ1v) is 16.1. The molecular weight excluding hydrogens is 538 g/mol. The van der Waals surface area contributed by atoms with Crippen LogP contribution >= 0.6 is 0 Å². The van der Waals surface area contributed by atoms with Gasteiger partial charge < -0.3 is 20.3 Å². The topological polar surface area (TPSA) is 109 Å². The lowest BCUT2D eigenvalue weighted by atomic mass is 9.89. The molecule has 0 bridgehead atoms. The third-order valence-corrected chi connectivity index (χ3v) is 10.5. The average molecular weight is 580 g/mol. The Morgan fingerprint density at radius 1 is 0.884 bits per heavy atom. The summed E-state index contributed by atoms with van der Waals surface area (Å²) < 4.78 is 0. The summed E-state index contributed by atoms with van der Waals surface area (Å²) in [5, 5.41) is 23.8. The standard InChI is InChI=1S/C33H41N9O/c1-21-31-27-16-29(26-4-2-3-5-30(26)43)38-39-32(27)37-28(31)10-15-42(21)33-35-17-23(18-36-33)22-8-13-40(14-9-22)25-19-41(20-25)24-6-11-34-12-7-24/h2-5,16-18,21-22,24-25,34,43H,6-15,19-20H2,1H3,(H,37,39)/t21-/m1/s1. The Hall–Kier alpha value is -3.60. The fraction of sp³-hybridized carbons (Fsp3) is 0.515. The first-order chi connectivity index (χ1) is 21.1. The molecule has 1 atom stereocenters. The molecule has 3 aromatic heterocycles. The summed E-state index contributed by atoms with van der Waals surface area (Å²) in [5.74, 6) is 1.53. The highest BCUT2D eigenvalue weighted by Crippen LogP contribution is 2.39. The third kappa shape index (κ3) is 4.95. The summed E-state index contributed by atoms with van der Waals surface area (Å²) in [5.41, 5.74) is 5.80. The quantitative estimate of drug-likeness (QED) is 0.325. The molecule has 3 N–H and O–H groups in total. The fourth-order valence-electron chi connectivity index (χ4n) is 7.89. The van der Waals surface area contributed by atoms with Crippen molar-refractivity contribution < 1.29 is 5.11 Å². The molecule has 0 amide bonds. The Balaban J connectivity index is 0.928. The molecule has 4 aromatic rings. The van der Waals surface area contributed by atoms with Gasteiger partial charge in [0.15, 0.2) is 5.65 Å². The number of phenols is 1. The number of benzene rings is 1. The molecule has 224 valence electrons. The molecule has 3 saturated heterocycles. The summed E-state index contributed by atoms with van der Waals surface area (Å²) in [4.78, 5) is 21.0. The van der Waals surface area contributed by atoms with Crippen LogP contribution in [0.15, 0.2) is 42.7 Å². The van der Waals surface area contributed by atoms with Crippen molar-refractivity contribution in [2.75, 3.05) is 50.7 Å². The van der Waals surface area contributed by atoms with E-state index in [-0.39, 0.29) is 11.8 Å². The van der Waals surface area contributed by atoms with E-state index in [1.807, 2.05) is 24.3 Å². The summed E-state index contributed by atoms with van der Waals surface area (Å²) in [6.45, 7) is 10.3. The van der Waals surface area contributed by atoms with Crippen LogP contribution in [-0.4, -0.2) is 98.0 Å². The summed E-state index contributed by atoms with van der Waals surface area (Å²) in [6, 6.07) is 10.9. The maximum Gasteiger partial charge on any atom is 0.225 e. The number of rotatable bonds is 5. The molecule has 0 aliphatic carbocycles. The molecule has 43 heavy (non-hydrogen) atoms. The highest BCUT2D eigenvalue weighted by molar-refractivity contribution is 5.86. The first kappa shape index (κ1) is 27.0. The molecule has 0 radical (unpaired) electrons. The summed E-state index contributed by atoms with van der Waals surface area (Å²) >= 11 is 0. The van der Waals surface area contributed by atoms with Crippen molar-refractivity contribution >= 4 is 17.0 Å². The van der Waals surface area contributed by atoms with E-state index in [0.29, 0.717) is 17.2 Å². The van der Waals surface area contributed by atoms with Gasteiger partial charge in [0.2, 0.25) is 5.95 Å². The fourth-order valence-corrected chi connectivity index (χ4v) is 7.89. The van der Waals surface area contributed by atoms with Crippen LogP contribution in [0, 0.1) is 0 Å². The van der Waals surface area contributed by atoms with E-state index in [4.69, 9.17) is 9.97 Å². The van der Waals surface area contributed by atoms with Gasteiger partial charge in [0, 0.05) is 72.7 Å². The predicted molar refractivity (Wildman–Crippen MR) is 167 cm³/mol. The molecule has 8 rings (SSSR count). The highest BCUT2D eigenvalue weighted by atomic mass is 16.3. The second kappa shape index (κ2) is 11.2. The van der Waals surface area contributed by atoms with E-state index in [1.165, 1.54) is 81.8 Å². The SMILES string of the molecule is C[C@@H]1c2c([nH]c3nnc(-c4ccccc4O)cc23)CCN1c1ncc(C2CCN(C3CN(C4CCNCC4)C3)CC2)cn1. The van der Waals surface area contributed by atoms with Gasteiger partial charge in [-0.05, 0) is 88.5 Å². The maximum atomic E-state index is 10.4. The van der Waals surface area contributed by atoms with Gasteiger partial charge in [0.1, 0.15) is 5.75 Å². The van der Waals surface area contributed by atoms with Gasteiger partial charge in [-0.2, -0.15) is 0 Å². The number of anilines is 1. The van der Waals surface area contributed by atoms with Gasteiger partial charge in [0.25, 0.3) is 0 Å². The average Bonchev–Trinajstić information content (AvgIpc) is 3.41. The number of hydrogen-bond acceptors (Lipinski definition) is 9. The number of aromatic hydroxyl groups is 1. The number of nitrogens with zero attached hydrogens (tertiary/aromatic N) is 7. The molecule has 7 heterocycles. The summed E-state index contributed by atoms with van der Waals surface area (Å²) in [7, 11) is 0. The number of phenolic OH excluding ortho intramolecular Hbond substituents is 1. The smallest absolute Gasteiger partial charge is 0.225 e. The van der Waals surface area contributed by atoms with Crippen molar-refractivity contribution in [1.29, 1.82) is 0 Å². The normalized spacial score (nSPS) is 23.0. The van der Waals surface area contributed by atoms with Gasteiger partial charge >= 0.3 is 0 Å². The number of para-hydroxylation sites is 1. The Kier molecular flexibility index (Phi) is 7.00. The number of aromatic nitrogens is 5. The van der Waals surface area contributed by atoms with Crippen LogP contribution in [0.3, 0.4) is 0 Å². The maximum absolute atomic E-state index is 10.4. The molecule has 4 aliphatic heterocycles. The number of H-pyrrole nitrogens is 1. The Labute approximate surface area is 252 Å².